The van der Waals surface area contributed by atoms with Crippen molar-refractivity contribution >= 4 is 22.9 Å². The lowest BCUT2D eigenvalue weighted by molar-refractivity contribution is 0.373. The van der Waals surface area contributed by atoms with Gasteiger partial charge >= 0.3 is 5.63 Å². The van der Waals surface area contributed by atoms with E-state index in [1.54, 1.807) is 42.6 Å². The van der Waals surface area contributed by atoms with E-state index in [1.165, 1.54) is 7.11 Å². The first-order valence-corrected chi connectivity index (χ1v) is 8.69. The summed E-state index contributed by atoms with van der Waals surface area (Å²) in [7, 11) is 1.50. The molecule has 0 aliphatic carbocycles. The highest BCUT2D eigenvalue weighted by molar-refractivity contribution is 5.87. The third kappa shape index (κ3) is 3.38. The molecule has 0 bridgehead atoms. The van der Waals surface area contributed by atoms with E-state index in [9.17, 15) is 9.90 Å². The van der Waals surface area contributed by atoms with Crippen LogP contribution in [0.25, 0.3) is 22.1 Å². The highest BCUT2D eigenvalue weighted by Crippen LogP contribution is 2.29. The largest absolute Gasteiger partial charge is 0.504 e. The second-order valence-corrected chi connectivity index (χ2v) is 6.19. The number of para-hydroxylation sites is 2. The summed E-state index contributed by atoms with van der Waals surface area (Å²) in [4.78, 5) is 16.7. The van der Waals surface area contributed by atoms with Gasteiger partial charge in [-0.2, -0.15) is 0 Å². The molecule has 28 heavy (non-hydrogen) atoms. The number of fused-ring (bicyclic) bond motifs is 1. The Labute approximate surface area is 161 Å². The van der Waals surface area contributed by atoms with Crippen LogP contribution in [0.3, 0.4) is 0 Å². The fraction of sp³-hybridized carbons (Fsp3) is 0.0435. The zero-order valence-electron chi connectivity index (χ0n) is 15.1. The van der Waals surface area contributed by atoms with Crippen LogP contribution in [0.15, 0.2) is 87.0 Å². The summed E-state index contributed by atoms with van der Waals surface area (Å²) >= 11 is 0. The SMILES string of the molecule is COc1cccc(C=Nc2ccc(-c3cc4ccccc4oc3=O)cc2)c1O. The number of nitrogens with zero attached hydrogens (tertiary/aromatic N) is 1. The van der Waals surface area contributed by atoms with Crippen molar-refractivity contribution in [3.8, 4) is 22.6 Å². The first kappa shape index (κ1) is 17.5. The van der Waals surface area contributed by atoms with Crippen LogP contribution < -0.4 is 10.4 Å². The summed E-state index contributed by atoms with van der Waals surface area (Å²) in [6.45, 7) is 0. The Bertz CT molecular complexity index is 1220. The Morgan fingerprint density at radius 1 is 1.00 bits per heavy atom. The van der Waals surface area contributed by atoms with Gasteiger partial charge in [0.05, 0.1) is 18.4 Å². The molecule has 0 saturated carbocycles. The lowest BCUT2D eigenvalue weighted by Crippen LogP contribution is -2.02. The van der Waals surface area contributed by atoms with E-state index in [2.05, 4.69) is 4.99 Å². The van der Waals surface area contributed by atoms with Gasteiger partial charge in [-0.3, -0.25) is 4.99 Å². The highest BCUT2D eigenvalue weighted by atomic mass is 16.5. The minimum absolute atomic E-state index is 0.0409. The van der Waals surface area contributed by atoms with Crippen LogP contribution in [0.5, 0.6) is 11.5 Å². The van der Waals surface area contributed by atoms with Crippen LogP contribution in [0, 0.1) is 0 Å². The second kappa shape index (κ2) is 7.40. The van der Waals surface area contributed by atoms with Crippen molar-refractivity contribution in [2.45, 2.75) is 0 Å². The molecular weight excluding hydrogens is 354 g/mol. The molecule has 0 aliphatic rings. The van der Waals surface area contributed by atoms with Crippen molar-refractivity contribution < 1.29 is 14.3 Å². The van der Waals surface area contributed by atoms with E-state index < -0.39 is 0 Å². The number of hydrogen-bond acceptors (Lipinski definition) is 5. The number of benzene rings is 3. The maximum atomic E-state index is 12.3. The average molecular weight is 371 g/mol. The van der Waals surface area contributed by atoms with Gasteiger partial charge in [-0.25, -0.2) is 4.79 Å². The van der Waals surface area contributed by atoms with Crippen molar-refractivity contribution in [2.24, 2.45) is 4.99 Å². The standard InChI is InChI=1S/C23H17NO4/c1-27-21-8-4-6-17(22(21)25)14-24-18-11-9-15(10-12-18)19-13-16-5-2-3-7-20(16)28-23(19)26/h2-14,25H,1H3. The van der Waals surface area contributed by atoms with Crippen molar-refractivity contribution in [3.63, 3.8) is 0 Å². The number of methoxy groups -OCH3 is 1. The smallest absolute Gasteiger partial charge is 0.344 e. The van der Waals surface area contributed by atoms with Crippen molar-refractivity contribution in [3.05, 3.63) is 88.8 Å². The fourth-order valence-electron chi connectivity index (χ4n) is 2.94. The minimum Gasteiger partial charge on any atom is -0.504 e. The van der Waals surface area contributed by atoms with E-state index in [1.807, 2.05) is 36.4 Å². The molecule has 1 aromatic heterocycles. The first-order chi connectivity index (χ1) is 13.7. The number of hydrogen-bond donors (Lipinski definition) is 1. The van der Waals surface area contributed by atoms with E-state index in [4.69, 9.17) is 9.15 Å². The van der Waals surface area contributed by atoms with Crippen molar-refractivity contribution in [1.82, 2.24) is 0 Å². The lowest BCUT2D eigenvalue weighted by atomic mass is 10.1. The van der Waals surface area contributed by atoms with Gasteiger partial charge in [0.25, 0.3) is 0 Å². The van der Waals surface area contributed by atoms with Crippen LogP contribution in [-0.2, 0) is 0 Å². The topological polar surface area (TPSA) is 72.0 Å². The summed E-state index contributed by atoms with van der Waals surface area (Å²) in [5.41, 5.74) is 2.68. The van der Waals surface area contributed by atoms with E-state index in [0.717, 1.165) is 10.9 Å². The molecule has 0 atom stereocenters. The third-order valence-corrected chi connectivity index (χ3v) is 4.42. The van der Waals surface area contributed by atoms with Crippen molar-refractivity contribution in [2.75, 3.05) is 7.11 Å². The maximum absolute atomic E-state index is 12.3. The Morgan fingerprint density at radius 2 is 1.79 bits per heavy atom. The number of ether oxygens (including phenoxy) is 1. The number of aliphatic imine (C=N–C) groups is 1. The molecule has 3 aromatic carbocycles. The lowest BCUT2D eigenvalue weighted by Gasteiger charge is -2.05. The van der Waals surface area contributed by atoms with Gasteiger partial charge in [0, 0.05) is 17.2 Å². The van der Waals surface area contributed by atoms with E-state index >= 15 is 0 Å². The number of rotatable bonds is 4. The van der Waals surface area contributed by atoms with Gasteiger partial charge in [0.1, 0.15) is 5.58 Å². The molecule has 0 aliphatic heterocycles. The molecule has 5 heteroatoms. The molecule has 4 aromatic rings. The number of phenolic OH excluding ortho intramolecular Hbond substituents is 1. The first-order valence-electron chi connectivity index (χ1n) is 8.69. The quantitative estimate of drug-likeness (QED) is 0.408. The molecule has 1 heterocycles. The average Bonchev–Trinajstić information content (AvgIpc) is 2.73. The van der Waals surface area contributed by atoms with Crippen LogP contribution in [0.1, 0.15) is 5.56 Å². The molecule has 0 unspecified atom stereocenters. The van der Waals surface area contributed by atoms with E-state index in [0.29, 0.717) is 28.1 Å². The fourth-order valence-corrected chi connectivity index (χ4v) is 2.94. The summed E-state index contributed by atoms with van der Waals surface area (Å²) in [5, 5.41) is 11.0. The zero-order valence-corrected chi connectivity index (χ0v) is 15.1. The summed E-state index contributed by atoms with van der Waals surface area (Å²) in [6, 6.07) is 21.7. The second-order valence-electron chi connectivity index (χ2n) is 6.19. The molecule has 1 N–H and O–H groups in total. The van der Waals surface area contributed by atoms with Gasteiger partial charge < -0.3 is 14.3 Å². The maximum Gasteiger partial charge on any atom is 0.344 e. The molecule has 5 nitrogen and oxygen atoms in total. The molecular formula is C23H17NO4. The predicted octanol–water partition coefficient (Wildman–Crippen LogP) is 4.92. The molecule has 0 fully saturated rings. The van der Waals surface area contributed by atoms with Crippen LogP contribution >= 0.6 is 0 Å². The van der Waals surface area contributed by atoms with Crippen molar-refractivity contribution in [1.29, 1.82) is 0 Å². The molecule has 4 rings (SSSR count). The van der Waals surface area contributed by atoms with Gasteiger partial charge in [0.15, 0.2) is 11.5 Å². The van der Waals surface area contributed by atoms with Crippen LogP contribution in [-0.4, -0.2) is 18.4 Å². The van der Waals surface area contributed by atoms with E-state index in [-0.39, 0.29) is 11.4 Å². The van der Waals surface area contributed by atoms with Gasteiger partial charge in [0.2, 0.25) is 0 Å². The minimum atomic E-state index is -0.378. The Balaban J connectivity index is 1.63. The molecule has 0 radical (unpaired) electrons. The summed E-state index contributed by atoms with van der Waals surface area (Å²) in [6.07, 6.45) is 1.57. The Kier molecular flexibility index (Phi) is 4.64. The van der Waals surface area contributed by atoms with Gasteiger partial charge in [-0.15, -0.1) is 0 Å². The zero-order chi connectivity index (χ0) is 19.5. The number of phenols is 1. The molecule has 0 spiro atoms. The monoisotopic (exact) mass is 371 g/mol. The van der Waals surface area contributed by atoms with Gasteiger partial charge in [-0.1, -0.05) is 36.4 Å². The number of aromatic hydroxyl groups is 1. The Morgan fingerprint density at radius 3 is 2.57 bits per heavy atom. The highest BCUT2D eigenvalue weighted by Gasteiger charge is 2.08. The Hall–Kier alpha value is -3.86. The summed E-state index contributed by atoms with van der Waals surface area (Å²) in [5.74, 6) is 0.432. The van der Waals surface area contributed by atoms with Gasteiger partial charge in [-0.05, 0) is 42.0 Å². The predicted molar refractivity (Wildman–Crippen MR) is 110 cm³/mol. The molecule has 138 valence electrons. The summed E-state index contributed by atoms with van der Waals surface area (Å²) < 4.78 is 10.5. The molecule has 0 saturated heterocycles. The van der Waals surface area contributed by atoms with Crippen LogP contribution in [0.4, 0.5) is 5.69 Å². The third-order valence-electron chi connectivity index (χ3n) is 4.42. The van der Waals surface area contributed by atoms with Crippen LogP contribution in [0.2, 0.25) is 0 Å². The molecule has 0 amide bonds. The normalized spacial score (nSPS) is 11.2.